The van der Waals surface area contributed by atoms with Crippen molar-refractivity contribution in [1.29, 1.82) is 0 Å². The van der Waals surface area contributed by atoms with Gasteiger partial charge in [0.05, 0.1) is 24.7 Å². The topological polar surface area (TPSA) is 73.2 Å². The number of methoxy groups -OCH3 is 1. The molecule has 4 rings (SSSR count). The molecule has 144 valence electrons. The van der Waals surface area contributed by atoms with Crippen LogP contribution >= 0.6 is 0 Å². The third kappa shape index (κ3) is 3.73. The van der Waals surface area contributed by atoms with Crippen molar-refractivity contribution in [1.82, 2.24) is 9.78 Å². The van der Waals surface area contributed by atoms with E-state index in [1.54, 1.807) is 49.6 Å². The smallest absolute Gasteiger partial charge is 0.276 e. The molecule has 1 N–H and O–H groups in total. The molecule has 4 aromatic rings. The molecule has 0 radical (unpaired) electrons. The third-order valence-electron chi connectivity index (χ3n) is 4.61. The fourth-order valence-corrected chi connectivity index (χ4v) is 3.20. The normalized spacial score (nSPS) is 10.7. The van der Waals surface area contributed by atoms with Gasteiger partial charge in [0, 0.05) is 5.39 Å². The van der Waals surface area contributed by atoms with Gasteiger partial charge in [0.15, 0.2) is 5.69 Å². The van der Waals surface area contributed by atoms with Gasteiger partial charge in [0.2, 0.25) is 0 Å². The predicted octanol–water partition coefficient (Wildman–Crippen LogP) is 3.71. The number of aromatic nitrogens is 2. The number of carbonyl (C=O) groups excluding carboxylic acids is 1. The summed E-state index contributed by atoms with van der Waals surface area (Å²) in [6.45, 7) is 0.277. The summed E-state index contributed by atoms with van der Waals surface area (Å²) in [6, 6.07) is 23.7. The van der Waals surface area contributed by atoms with Crippen molar-refractivity contribution in [3.05, 3.63) is 100 Å². The van der Waals surface area contributed by atoms with E-state index in [-0.39, 0.29) is 17.8 Å². The Morgan fingerprint density at radius 2 is 1.59 bits per heavy atom. The molecule has 0 saturated carbocycles. The highest BCUT2D eigenvalue weighted by Crippen LogP contribution is 2.24. The number of carbonyl (C=O) groups is 1. The lowest BCUT2D eigenvalue weighted by atomic mass is 10.1. The Balaban J connectivity index is 1.79. The Kier molecular flexibility index (Phi) is 5.07. The van der Waals surface area contributed by atoms with Crippen LogP contribution < -0.4 is 15.6 Å². The maximum Gasteiger partial charge on any atom is 0.276 e. The predicted molar refractivity (Wildman–Crippen MR) is 112 cm³/mol. The first kappa shape index (κ1) is 18.4. The van der Waals surface area contributed by atoms with Crippen LogP contribution in [-0.4, -0.2) is 22.8 Å². The zero-order valence-corrected chi connectivity index (χ0v) is 15.8. The lowest BCUT2D eigenvalue weighted by Crippen LogP contribution is -2.28. The summed E-state index contributed by atoms with van der Waals surface area (Å²) < 4.78 is 6.63. The van der Waals surface area contributed by atoms with Gasteiger partial charge in [-0.2, -0.15) is 5.10 Å². The summed E-state index contributed by atoms with van der Waals surface area (Å²) in [5, 5.41) is 8.19. The summed E-state index contributed by atoms with van der Waals surface area (Å²) in [5.74, 6) is 0.135. The number of nitrogens with zero attached hydrogens (tertiary/aromatic N) is 2. The van der Waals surface area contributed by atoms with E-state index in [9.17, 15) is 9.59 Å². The molecule has 1 aromatic heterocycles. The molecule has 3 aromatic carbocycles. The lowest BCUT2D eigenvalue weighted by Gasteiger charge is -2.13. The number of fused-ring (bicyclic) bond motifs is 1. The molecular weight excluding hydrogens is 366 g/mol. The Morgan fingerprint density at radius 1 is 0.931 bits per heavy atom. The lowest BCUT2D eigenvalue weighted by molar-refractivity contribution is 0.102. The Labute approximate surface area is 167 Å². The number of benzene rings is 3. The van der Waals surface area contributed by atoms with Crippen molar-refractivity contribution in [2.45, 2.75) is 6.54 Å². The molecule has 1 amide bonds. The van der Waals surface area contributed by atoms with E-state index >= 15 is 0 Å². The SMILES string of the molecule is COc1ccccc1NC(=O)c1nn(Cc2ccccc2)c(=O)c2ccccc12. The molecule has 0 bridgehead atoms. The standard InChI is InChI=1S/C23H19N3O3/c1-29-20-14-8-7-13-19(20)24-22(27)21-17-11-5-6-12-18(17)23(28)26(25-21)15-16-9-3-2-4-10-16/h2-14H,15H2,1H3,(H,24,27). The van der Waals surface area contributed by atoms with Crippen LogP contribution in [0.2, 0.25) is 0 Å². The van der Waals surface area contributed by atoms with Gasteiger partial charge in [-0.05, 0) is 23.8 Å². The van der Waals surface area contributed by atoms with Crippen LogP contribution in [0.5, 0.6) is 5.75 Å². The zero-order valence-electron chi connectivity index (χ0n) is 15.8. The Morgan fingerprint density at radius 3 is 2.34 bits per heavy atom. The van der Waals surface area contributed by atoms with Crippen molar-refractivity contribution in [2.75, 3.05) is 12.4 Å². The second-order valence-electron chi connectivity index (χ2n) is 6.50. The van der Waals surface area contributed by atoms with E-state index in [4.69, 9.17) is 4.74 Å². The fourth-order valence-electron chi connectivity index (χ4n) is 3.20. The fraction of sp³-hybridized carbons (Fsp3) is 0.0870. The molecule has 0 unspecified atom stereocenters. The van der Waals surface area contributed by atoms with Crippen LogP contribution in [0.25, 0.3) is 10.8 Å². The largest absolute Gasteiger partial charge is 0.495 e. The number of rotatable bonds is 5. The molecule has 0 aliphatic carbocycles. The molecule has 0 aliphatic heterocycles. The molecule has 6 heteroatoms. The van der Waals surface area contributed by atoms with Crippen LogP contribution in [0.15, 0.2) is 83.7 Å². The highest BCUT2D eigenvalue weighted by Gasteiger charge is 2.18. The zero-order chi connectivity index (χ0) is 20.2. The minimum atomic E-state index is -0.410. The second-order valence-corrected chi connectivity index (χ2v) is 6.50. The Hall–Kier alpha value is -3.93. The molecule has 0 saturated heterocycles. The number of hydrogen-bond acceptors (Lipinski definition) is 4. The molecule has 1 heterocycles. The summed E-state index contributed by atoms with van der Waals surface area (Å²) in [4.78, 5) is 26.0. The van der Waals surface area contributed by atoms with Crippen molar-refractivity contribution in [2.24, 2.45) is 0 Å². The van der Waals surface area contributed by atoms with Crippen molar-refractivity contribution < 1.29 is 9.53 Å². The van der Waals surface area contributed by atoms with E-state index in [1.165, 1.54) is 4.68 Å². The first-order chi connectivity index (χ1) is 14.2. The van der Waals surface area contributed by atoms with Crippen LogP contribution in [0.1, 0.15) is 16.1 Å². The van der Waals surface area contributed by atoms with E-state index < -0.39 is 5.91 Å². The summed E-state index contributed by atoms with van der Waals surface area (Å²) >= 11 is 0. The minimum absolute atomic E-state index is 0.182. The number of amides is 1. The first-order valence-corrected chi connectivity index (χ1v) is 9.15. The number of hydrogen-bond donors (Lipinski definition) is 1. The van der Waals surface area contributed by atoms with Crippen LogP contribution in [-0.2, 0) is 6.54 Å². The highest BCUT2D eigenvalue weighted by molar-refractivity contribution is 6.11. The number of ether oxygens (including phenoxy) is 1. The van der Waals surface area contributed by atoms with Gasteiger partial charge in [-0.25, -0.2) is 4.68 Å². The highest BCUT2D eigenvalue weighted by atomic mass is 16.5. The van der Waals surface area contributed by atoms with Gasteiger partial charge in [-0.3, -0.25) is 9.59 Å². The van der Waals surface area contributed by atoms with Crippen LogP contribution in [0, 0.1) is 0 Å². The van der Waals surface area contributed by atoms with Gasteiger partial charge >= 0.3 is 0 Å². The van der Waals surface area contributed by atoms with E-state index in [0.29, 0.717) is 22.2 Å². The average Bonchev–Trinajstić information content (AvgIpc) is 2.77. The summed E-state index contributed by atoms with van der Waals surface area (Å²) in [5.41, 5.74) is 1.40. The molecule has 0 spiro atoms. The molecule has 6 nitrogen and oxygen atoms in total. The van der Waals surface area contributed by atoms with Gasteiger partial charge < -0.3 is 10.1 Å². The maximum absolute atomic E-state index is 13.1. The molecule has 0 fully saturated rings. The molecule has 29 heavy (non-hydrogen) atoms. The maximum atomic E-state index is 13.1. The van der Waals surface area contributed by atoms with Gasteiger partial charge in [0.1, 0.15) is 5.75 Å². The van der Waals surface area contributed by atoms with E-state index in [2.05, 4.69) is 10.4 Å². The summed E-state index contributed by atoms with van der Waals surface area (Å²) in [7, 11) is 1.54. The van der Waals surface area contributed by atoms with E-state index in [0.717, 1.165) is 5.56 Å². The number of nitrogens with one attached hydrogen (secondary N) is 1. The molecule has 0 atom stereocenters. The first-order valence-electron chi connectivity index (χ1n) is 9.15. The quantitative estimate of drug-likeness (QED) is 0.568. The third-order valence-corrected chi connectivity index (χ3v) is 4.61. The van der Waals surface area contributed by atoms with Gasteiger partial charge in [-0.1, -0.05) is 60.7 Å². The average molecular weight is 385 g/mol. The monoisotopic (exact) mass is 385 g/mol. The number of para-hydroxylation sites is 2. The minimum Gasteiger partial charge on any atom is -0.495 e. The van der Waals surface area contributed by atoms with Gasteiger partial charge in [0.25, 0.3) is 11.5 Å². The van der Waals surface area contributed by atoms with E-state index in [1.807, 2.05) is 36.4 Å². The number of anilines is 1. The van der Waals surface area contributed by atoms with Gasteiger partial charge in [-0.15, -0.1) is 0 Å². The molecule has 0 aliphatic rings. The van der Waals surface area contributed by atoms with Crippen molar-refractivity contribution >= 4 is 22.4 Å². The van der Waals surface area contributed by atoms with Crippen molar-refractivity contribution in [3.63, 3.8) is 0 Å². The van der Waals surface area contributed by atoms with Crippen LogP contribution in [0.3, 0.4) is 0 Å². The Bertz CT molecular complexity index is 1230. The molecular formula is C23H19N3O3. The second kappa shape index (κ2) is 7.98. The summed E-state index contributed by atoms with van der Waals surface area (Å²) in [6.07, 6.45) is 0. The van der Waals surface area contributed by atoms with Crippen LogP contribution in [0.4, 0.5) is 5.69 Å². The van der Waals surface area contributed by atoms with Crippen molar-refractivity contribution in [3.8, 4) is 5.75 Å².